The molecule has 286 valence electrons. The molecule has 1 unspecified atom stereocenters. The number of nitrogens with zero attached hydrogens (tertiary/aromatic N) is 2. The predicted octanol–water partition coefficient (Wildman–Crippen LogP) is 8.81. The number of unbranched alkanes of at least 4 members (excludes halogenated alkanes) is 6. The first-order chi connectivity index (χ1) is 25.2. The van der Waals surface area contributed by atoms with Crippen molar-refractivity contribution in [2.75, 3.05) is 7.11 Å². The number of hydrazine groups is 1. The van der Waals surface area contributed by atoms with Crippen LogP contribution in [0.1, 0.15) is 122 Å². The molecule has 0 radical (unpaired) electrons. The molecule has 3 rings (SSSR count). The second kappa shape index (κ2) is 20.2. The summed E-state index contributed by atoms with van der Waals surface area (Å²) < 4.78 is 21.9. The number of hydrogen-bond acceptors (Lipinski definition) is 9. The van der Waals surface area contributed by atoms with Gasteiger partial charge in [-0.2, -0.15) is 0 Å². The van der Waals surface area contributed by atoms with Crippen molar-refractivity contribution in [3.8, 4) is 5.75 Å². The van der Waals surface area contributed by atoms with Gasteiger partial charge in [0.1, 0.15) is 12.4 Å². The molecule has 0 saturated heterocycles. The predicted molar refractivity (Wildman–Crippen MR) is 201 cm³/mol. The number of amides is 3. The molecular formula is C42H54N2O9. The fraction of sp³-hybridized carbons (Fsp3) is 0.452. The number of carbonyl (C=O) groups is 5. The van der Waals surface area contributed by atoms with Gasteiger partial charge in [-0.3, -0.25) is 14.4 Å². The molecule has 0 fully saturated rings. The third-order valence-electron chi connectivity index (χ3n) is 8.44. The van der Waals surface area contributed by atoms with E-state index in [4.69, 9.17) is 18.9 Å². The molecule has 0 aliphatic carbocycles. The van der Waals surface area contributed by atoms with Crippen molar-refractivity contribution < 1.29 is 42.9 Å². The zero-order valence-corrected chi connectivity index (χ0v) is 32.4. The van der Waals surface area contributed by atoms with E-state index >= 15 is 0 Å². The number of rotatable bonds is 16. The zero-order valence-electron chi connectivity index (χ0n) is 32.4. The Hall–Kier alpha value is -5.19. The largest absolute Gasteiger partial charge is 0.496 e. The molecule has 0 aromatic heterocycles. The van der Waals surface area contributed by atoms with Crippen molar-refractivity contribution in [2.45, 2.75) is 118 Å². The first-order valence-corrected chi connectivity index (χ1v) is 18.2. The number of hydrogen-bond donors (Lipinski definition) is 0. The molecule has 3 amide bonds. The van der Waals surface area contributed by atoms with Crippen LogP contribution in [0.3, 0.4) is 0 Å². The second-order valence-corrected chi connectivity index (χ2v) is 14.1. The van der Waals surface area contributed by atoms with Gasteiger partial charge in [0.15, 0.2) is 0 Å². The van der Waals surface area contributed by atoms with Crippen molar-refractivity contribution in [3.63, 3.8) is 0 Å². The molecule has 1 atom stereocenters. The van der Waals surface area contributed by atoms with E-state index in [0.717, 1.165) is 54.7 Å². The van der Waals surface area contributed by atoms with Gasteiger partial charge in [-0.25, -0.2) is 14.6 Å². The lowest BCUT2D eigenvalue weighted by Crippen LogP contribution is -2.61. The van der Waals surface area contributed by atoms with E-state index in [1.54, 1.807) is 82.3 Å². The number of methoxy groups -OCH3 is 1. The summed E-state index contributed by atoms with van der Waals surface area (Å²) in [6.07, 6.45) is 3.05. The van der Waals surface area contributed by atoms with Gasteiger partial charge in [0.25, 0.3) is 11.8 Å². The van der Waals surface area contributed by atoms with Crippen molar-refractivity contribution >= 4 is 29.8 Å². The SMILES string of the molecule is CCCCCCCCCC(=O)OC(OC(=O)N(C(=O)c1cccc(OC)c1C)N(C(=O)c1cc(C)cc(C)c1)C(C)(C)C)C(=O)OCc1ccccc1. The van der Waals surface area contributed by atoms with Gasteiger partial charge in [-0.15, -0.1) is 5.01 Å². The Morgan fingerprint density at radius 3 is 1.96 bits per heavy atom. The van der Waals surface area contributed by atoms with Crippen molar-refractivity contribution in [1.29, 1.82) is 0 Å². The van der Waals surface area contributed by atoms with E-state index < -0.39 is 41.7 Å². The first-order valence-electron chi connectivity index (χ1n) is 18.2. The average molecular weight is 731 g/mol. The summed E-state index contributed by atoms with van der Waals surface area (Å²) in [5.74, 6) is -3.20. The molecular weight excluding hydrogens is 676 g/mol. The Morgan fingerprint density at radius 2 is 1.36 bits per heavy atom. The average Bonchev–Trinajstić information content (AvgIpc) is 3.11. The number of aryl methyl sites for hydroxylation is 2. The van der Waals surface area contributed by atoms with Crippen LogP contribution in [-0.4, -0.2) is 58.8 Å². The Kier molecular flexibility index (Phi) is 16.1. The number of ether oxygens (including phenoxy) is 4. The van der Waals surface area contributed by atoms with E-state index in [0.29, 0.717) is 28.3 Å². The second-order valence-electron chi connectivity index (χ2n) is 14.1. The first kappa shape index (κ1) is 42.2. The van der Waals surface area contributed by atoms with Crippen LogP contribution in [0.4, 0.5) is 4.79 Å². The molecule has 0 saturated carbocycles. The maximum atomic E-state index is 14.5. The highest BCUT2D eigenvalue weighted by Crippen LogP contribution is 2.28. The molecule has 0 spiro atoms. The summed E-state index contributed by atoms with van der Waals surface area (Å²) in [4.78, 5) is 69.9. The third kappa shape index (κ3) is 12.5. The summed E-state index contributed by atoms with van der Waals surface area (Å²) in [6.45, 7) is 12.2. The molecule has 11 nitrogen and oxygen atoms in total. The molecule has 0 N–H and O–H groups in total. The highest BCUT2D eigenvalue weighted by Gasteiger charge is 2.43. The summed E-state index contributed by atoms with van der Waals surface area (Å²) >= 11 is 0. The molecule has 0 heterocycles. The minimum absolute atomic E-state index is 0.0290. The van der Waals surface area contributed by atoms with Crippen LogP contribution in [0, 0.1) is 20.8 Å². The van der Waals surface area contributed by atoms with Gasteiger partial charge in [-0.1, -0.05) is 99.0 Å². The van der Waals surface area contributed by atoms with Gasteiger partial charge in [0.2, 0.25) is 0 Å². The van der Waals surface area contributed by atoms with E-state index in [1.165, 1.54) is 13.2 Å². The van der Waals surface area contributed by atoms with Gasteiger partial charge in [0, 0.05) is 23.1 Å². The standard InChI is InChI=1S/C42H54N2O9/c1-9-10-11-12-13-14-18-24-36(45)52-40(39(48)51-28-32-20-16-15-17-21-32)53-41(49)43(38(47)34-22-19-23-35(50-8)31(34)4)44(42(5,6)7)37(46)33-26-29(2)25-30(3)27-33/h15-17,19-23,25-27,40H,9-14,18,24,28H2,1-8H3. The quantitative estimate of drug-likeness (QED) is 0.0615. The summed E-state index contributed by atoms with van der Waals surface area (Å²) in [5, 5.41) is 1.53. The summed E-state index contributed by atoms with van der Waals surface area (Å²) in [7, 11) is 1.44. The maximum Gasteiger partial charge on any atom is 0.440 e. The Labute approximate surface area is 313 Å². The van der Waals surface area contributed by atoms with Crippen molar-refractivity contribution in [2.24, 2.45) is 0 Å². The normalized spacial score (nSPS) is 11.6. The number of imide groups is 1. The minimum atomic E-state index is -2.18. The molecule has 3 aromatic carbocycles. The van der Waals surface area contributed by atoms with Crippen LogP contribution < -0.4 is 4.74 Å². The fourth-order valence-electron chi connectivity index (χ4n) is 5.82. The highest BCUT2D eigenvalue weighted by atomic mass is 16.7. The molecule has 0 aliphatic heterocycles. The van der Waals surface area contributed by atoms with Crippen LogP contribution in [0.25, 0.3) is 0 Å². The van der Waals surface area contributed by atoms with Gasteiger partial charge >= 0.3 is 24.3 Å². The minimum Gasteiger partial charge on any atom is -0.496 e. The highest BCUT2D eigenvalue weighted by molar-refractivity contribution is 6.07. The third-order valence-corrected chi connectivity index (χ3v) is 8.44. The Balaban J connectivity index is 2.02. The summed E-state index contributed by atoms with van der Waals surface area (Å²) in [5.41, 5.74) is 1.66. The van der Waals surface area contributed by atoms with Crippen molar-refractivity contribution in [1.82, 2.24) is 10.0 Å². The van der Waals surface area contributed by atoms with Crippen LogP contribution in [0.5, 0.6) is 5.75 Å². The van der Waals surface area contributed by atoms with Crippen LogP contribution in [0.2, 0.25) is 0 Å². The molecule has 53 heavy (non-hydrogen) atoms. The lowest BCUT2D eigenvalue weighted by molar-refractivity contribution is -0.194. The van der Waals surface area contributed by atoms with Gasteiger partial charge in [0.05, 0.1) is 12.6 Å². The maximum absolute atomic E-state index is 14.5. The summed E-state index contributed by atoms with van der Waals surface area (Å²) in [6, 6.07) is 18.7. The Bertz CT molecular complexity index is 1690. The van der Waals surface area contributed by atoms with Crippen LogP contribution in [-0.2, 0) is 30.4 Å². The van der Waals surface area contributed by atoms with E-state index in [2.05, 4.69) is 6.92 Å². The zero-order chi connectivity index (χ0) is 39.1. The molecule has 0 bridgehead atoms. The van der Waals surface area contributed by atoms with E-state index in [9.17, 15) is 24.0 Å². The number of benzene rings is 3. The molecule has 3 aromatic rings. The lowest BCUT2D eigenvalue weighted by Gasteiger charge is -2.41. The number of esters is 2. The monoisotopic (exact) mass is 730 g/mol. The van der Waals surface area contributed by atoms with E-state index in [1.807, 2.05) is 19.9 Å². The smallest absolute Gasteiger partial charge is 0.440 e. The number of carbonyl (C=O) groups excluding carboxylic acids is 5. The van der Waals surface area contributed by atoms with Crippen LogP contribution >= 0.6 is 0 Å². The van der Waals surface area contributed by atoms with E-state index in [-0.39, 0.29) is 24.2 Å². The molecule has 11 heteroatoms. The lowest BCUT2D eigenvalue weighted by atomic mass is 10.0. The van der Waals surface area contributed by atoms with Crippen LogP contribution in [0.15, 0.2) is 66.7 Å². The Morgan fingerprint density at radius 1 is 0.736 bits per heavy atom. The van der Waals surface area contributed by atoms with Crippen molar-refractivity contribution in [3.05, 3.63) is 100 Å². The fourth-order valence-corrected chi connectivity index (χ4v) is 5.82. The van der Waals surface area contributed by atoms with Gasteiger partial charge < -0.3 is 18.9 Å². The topological polar surface area (TPSA) is 129 Å². The van der Waals surface area contributed by atoms with Gasteiger partial charge in [-0.05, 0) is 77.8 Å². The molecule has 0 aliphatic rings.